The molecule has 192 valence electrons. The lowest BCUT2D eigenvalue weighted by Crippen LogP contribution is -2.38. The maximum absolute atomic E-state index is 13.1. The summed E-state index contributed by atoms with van der Waals surface area (Å²) in [5.74, 6) is 1.03. The van der Waals surface area contributed by atoms with Crippen LogP contribution < -0.4 is 10.1 Å². The third-order valence-corrected chi connectivity index (χ3v) is 6.94. The van der Waals surface area contributed by atoms with Gasteiger partial charge in [-0.15, -0.1) is 0 Å². The Morgan fingerprint density at radius 1 is 0.972 bits per heavy atom. The highest BCUT2D eigenvalue weighted by atomic mass is 16.5. The molecule has 1 saturated carbocycles. The van der Waals surface area contributed by atoms with Gasteiger partial charge in [-0.1, -0.05) is 37.5 Å². The minimum absolute atomic E-state index is 0.0438. The third-order valence-electron chi connectivity index (χ3n) is 6.94. The number of hydrogen-bond donors (Lipinski definition) is 1. The molecule has 1 N–H and O–H groups in total. The molecular weight excluding hydrogens is 456 g/mol. The molecule has 1 heterocycles. The average Bonchev–Trinajstić information content (AvgIpc) is 2.91. The lowest BCUT2D eigenvalue weighted by Gasteiger charge is -2.30. The van der Waals surface area contributed by atoms with E-state index in [2.05, 4.69) is 5.32 Å². The van der Waals surface area contributed by atoms with Gasteiger partial charge in [0.25, 0.3) is 0 Å². The zero-order valence-corrected chi connectivity index (χ0v) is 20.9. The Balaban J connectivity index is 1.24. The van der Waals surface area contributed by atoms with Gasteiger partial charge in [0.15, 0.2) is 0 Å². The van der Waals surface area contributed by atoms with E-state index < -0.39 is 0 Å². The van der Waals surface area contributed by atoms with Crippen LogP contribution in [0.25, 0.3) is 0 Å². The summed E-state index contributed by atoms with van der Waals surface area (Å²) in [7, 11) is 0. The number of nitrogens with zero attached hydrogens (tertiary/aromatic N) is 1. The van der Waals surface area contributed by atoms with Crippen LogP contribution in [-0.4, -0.2) is 49.0 Å². The number of amides is 2. The largest absolute Gasteiger partial charge is 0.494 e. The first kappa shape index (κ1) is 25.7. The Morgan fingerprint density at radius 2 is 1.78 bits per heavy atom. The van der Waals surface area contributed by atoms with Crippen molar-refractivity contribution >= 4 is 23.5 Å². The van der Waals surface area contributed by atoms with Crippen LogP contribution in [0.4, 0.5) is 5.69 Å². The summed E-state index contributed by atoms with van der Waals surface area (Å²) in [4.78, 5) is 38.8. The second kappa shape index (κ2) is 13.1. The summed E-state index contributed by atoms with van der Waals surface area (Å²) in [6, 6.07) is 14.6. The van der Waals surface area contributed by atoms with Crippen molar-refractivity contribution in [3.63, 3.8) is 0 Å². The van der Waals surface area contributed by atoms with Gasteiger partial charge < -0.3 is 19.7 Å². The van der Waals surface area contributed by atoms with Gasteiger partial charge in [-0.25, -0.2) is 4.79 Å². The summed E-state index contributed by atoms with van der Waals surface area (Å²) in [6.07, 6.45) is 8.20. The normalized spacial score (nSPS) is 15.5. The van der Waals surface area contributed by atoms with E-state index in [1.807, 2.05) is 29.2 Å². The molecule has 0 spiro atoms. The molecule has 7 nitrogen and oxygen atoms in total. The van der Waals surface area contributed by atoms with E-state index in [0.29, 0.717) is 50.3 Å². The monoisotopic (exact) mass is 492 g/mol. The van der Waals surface area contributed by atoms with Crippen LogP contribution in [0.2, 0.25) is 0 Å². The predicted octanol–water partition coefficient (Wildman–Crippen LogP) is 5.00. The van der Waals surface area contributed by atoms with Crippen LogP contribution >= 0.6 is 0 Å². The number of rotatable bonds is 11. The number of benzene rings is 2. The smallest absolute Gasteiger partial charge is 0.338 e. The van der Waals surface area contributed by atoms with Crippen LogP contribution in [0.15, 0.2) is 48.5 Å². The first-order valence-corrected chi connectivity index (χ1v) is 13.1. The van der Waals surface area contributed by atoms with Crippen molar-refractivity contribution in [2.24, 2.45) is 5.92 Å². The summed E-state index contributed by atoms with van der Waals surface area (Å²) >= 11 is 0. The van der Waals surface area contributed by atoms with Gasteiger partial charge in [0, 0.05) is 25.1 Å². The number of anilines is 1. The molecule has 7 heteroatoms. The number of carbonyl (C=O) groups is 3. The second-order valence-electron chi connectivity index (χ2n) is 9.66. The Morgan fingerprint density at radius 3 is 2.58 bits per heavy atom. The van der Waals surface area contributed by atoms with E-state index in [4.69, 9.17) is 9.47 Å². The molecular formula is C29H36N2O5. The first-order valence-electron chi connectivity index (χ1n) is 13.1. The molecule has 36 heavy (non-hydrogen) atoms. The molecule has 0 unspecified atom stereocenters. The highest BCUT2D eigenvalue weighted by molar-refractivity contribution is 5.94. The molecule has 0 saturated heterocycles. The van der Waals surface area contributed by atoms with E-state index in [9.17, 15) is 14.4 Å². The zero-order chi connectivity index (χ0) is 25.2. The fourth-order valence-corrected chi connectivity index (χ4v) is 4.93. The predicted molar refractivity (Wildman–Crippen MR) is 138 cm³/mol. The Labute approximate surface area is 213 Å². The maximum Gasteiger partial charge on any atom is 0.338 e. The number of carbonyl (C=O) groups excluding carboxylic acids is 3. The van der Waals surface area contributed by atoms with Gasteiger partial charge >= 0.3 is 5.97 Å². The van der Waals surface area contributed by atoms with Gasteiger partial charge in [0.2, 0.25) is 11.8 Å². The highest BCUT2D eigenvalue weighted by Gasteiger charge is 2.21. The van der Waals surface area contributed by atoms with E-state index in [0.717, 1.165) is 36.4 Å². The van der Waals surface area contributed by atoms with Gasteiger partial charge in [-0.3, -0.25) is 9.59 Å². The Kier molecular flexibility index (Phi) is 9.36. The molecule has 2 aromatic rings. The number of fused-ring (bicyclic) bond motifs is 1. The number of nitrogens with one attached hydrogen (secondary N) is 1. The lowest BCUT2D eigenvalue weighted by atomic mass is 9.89. The molecule has 0 radical (unpaired) electrons. The fraction of sp³-hybridized carbons (Fsp3) is 0.483. The van der Waals surface area contributed by atoms with E-state index in [1.165, 1.54) is 19.3 Å². The molecule has 0 bridgehead atoms. The first-order chi connectivity index (χ1) is 17.6. The van der Waals surface area contributed by atoms with Crippen molar-refractivity contribution in [1.29, 1.82) is 0 Å². The molecule has 4 rings (SSSR count). The zero-order valence-electron chi connectivity index (χ0n) is 20.9. The quantitative estimate of drug-likeness (QED) is 0.353. The van der Waals surface area contributed by atoms with Gasteiger partial charge in [0.05, 0.1) is 18.7 Å². The van der Waals surface area contributed by atoms with Gasteiger partial charge in [-0.05, 0) is 67.5 Å². The maximum atomic E-state index is 13.1. The summed E-state index contributed by atoms with van der Waals surface area (Å²) < 4.78 is 11.3. The average molecular weight is 493 g/mol. The number of aryl methyl sites for hydroxylation is 1. The van der Waals surface area contributed by atoms with Crippen LogP contribution in [0.3, 0.4) is 0 Å². The SMILES string of the molecule is O=C1CCc2cc(OCCCC(=O)N(CCOC(=O)c3ccccc3)CC3CCCCC3)ccc2N1. The highest BCUT2D eigenvalue weighted by Crippen LogP contribution is 2.27. The van der Waals surface area contributed by atoms with Crippen molar-refractivity contribution in [1.82, 2.24) is 4.90 Å². The molecule has 2 aromatic carbocycles. The number of hydrogen-bond acceptors (Lipinski definition) is 5. The van der Waals surface area contributed by atoms with Crippen LogP contribution in [0, 0.1) is 5.92 Å². The van der Waals surface area contributed by atoms with Crippen molar-refractivity contribution in [2.45, 2.75) is 57.8 Å². The molecule has 0 atom stereocenters. The number of ether oxygens (including phenoxy) is 2. The topological polar surface area (TPSA) is 84.9 Å². The molecule has 1 aliphatic heterocycles. The van der Waals surface area contributed by atoms with Gasteiger partial charge in [-0.2, -0.15) is 0 Å². The summed E-state index contributed by atoms with van der Waals surface area (Å²) in [6.45, 7) is 1.76. The number of esters is 1. The molecule has 0 aromatic heterocycles. The van der Waals surface area contributed by atoms with Crippen LogP contribution in [0.5, 0.6) is 5.75 Å². The minimum atomic E-state index is -0.362. The Bertz CT molecular complexity index is 1030. The third kappa shape index (κ3) is 7.57. The van der Waals surface area contributed by atoms with Crippen LogP contribution in [-0.2, 0) is 20.7 Å². The minimum Gasteiger partial charge on any atom is -0.494 e. The standard InChI is InChI=1S/C29H36N2O5/c32-27-16-13-24-20-25(14-15-26(24)30-27)35-18-7-12-28(33)31(21-22-8-3-1-4-9-22)17-19-36-29(34)23-10-5-2-6-11-23/h2,5-6,10-11,14-15,20,22H,1,3-4,7-9,12-13,16-19,21H2,(H,30,32). The van der Waals surface area contributed by atoms with Crippen molar-refractivity contribution in [2.75, 3.05) is 31.6 Å². The summed E-state index contributed by atoms with van der Waals surface area (Å²) in [5, 5.41) is 2.87. The van der Waals surface area contributed by atoms with E-state index >= 15 is 0 Å². The second-order valence-corrected chi connectivity index (χ2v) is 9.66. The van der Waals surface area contributed by atoms with Crippen molar-refractivity contribution < 1.29 is 23.9 Å². The molecule has 1 fully saturated rings. The van der Waals surface area contributed by atoms with E-state index in [-0.39, 0.29) is 24.4 Å². The van der Waals surface area contributed by atoms with Gasteiger partial charge in [0.1, 0.15) is 12.4 Å². The van der Waals surface area contributed by atoms with E-state index in [1.54, 1.807) is 24.3 Å². The van der Waals surface area contributed by atoms with Crippen molar-refractivity contribution in [3.8, 4) is 5.75 Å². The summed E-state index contributed by atoms with van der Waals surface area (Å²) in [5.41, 5.74) is 2.44. The lowest BCUT2D eigenvalue weighted by molar-refractivity contribution is -0.132. The molecule has 1 aliphatic carbocycles. The Hall–Kier alpha value is -3.35. The van der Waals surface area contributed by atoms with Crippen molar-refractivity contribution in [3.05, 3.63) is 59.7 Å². The van der Waals surface area contributed by atoms with Crippen LogP contribution in [0.1, 0.15) is 67.3 Å². The molecule has 2 aliphatic rings. The molecule has 2 amide bonds. The fourth-order valence-electron chi connectivity index (χ4n) is 4.93.